The van der Waals surface area contributed by atoms with Crippen molar-refractivity contribution in [2.75, 3.05) is 20.7 Å². The molecule has 1 aliphatic rings. The number of benzene rings is 1. The molecule has 2 rings (SSSR count). The normalized spacial score (nSPS) is 21.8. The van der Waals surface area contributed by atoms with Crippen molar-refractivity contribution in [2.24, 2.45) is 5.92 Å². The molecular weight excluding hydrogens is 278 g/mol. The van der Waals surface area contributed by atoms with Gasteiger partial charge in [0.25, 0.3) is 0 Å². The van der Waals surface area contributed by atoms with E-state index in [1.807, 2.05) is 24.3 Å². The zero-order chi connectivity index (χ0) is 15.9. The minimum Gasteiger partial charge on any atom is -0.496 e. The van der Waals surface area contributed by atoms with Gasteiger partial charge in [0.1, 0.15) is 5.75 Å². The summed E-state index contributed by atoms with van der Waals surface area (Å²) in [5, 5.41) is 10.0. The minimum atomic E-state index is -0.276. The molecule has 0 spiro atoms. The molecule has 4 heteroatoms. The second kappa shape index (κ2) is 7.99. The average Bonchev–Trinajstić information content (AvgIpc) is 2.54. The van der Waals surface area contributed by atoms with Crippen LogP contribution in [0.15, 0.2) is 30.3 Å². The molecule has 4 nitrogen and oxygen atoms in total. The molecule has 0 bridgehead atoms. The van der Waals surface area contributed by atoms with Crippen LogP contribution in [0.3, 0.4) is 0 Å². The summed E-state index contributed by atoms with van der Waals surface area (Å²) in [6, 6.07) is 7.59. The van der Waals surface area contributed by atoms with Crippen LogP contribution in [0.5, 0.6) is 5.75 Å². The predicted molar refractivity (Wildman–Crippen MR) is 87.6 cm³/mol. The maximum absolute atomic E-state index is 12.2. The van der Waals surface area contributed by atoms with Gasteiger partial charge in [-0.05, 0) is 25.0 Å². The van der Waals surface area contributed by atoms with Gasteiger partial charge in [0, 0.05) is 31.1 Å². The Hall–Kier alpha value is -1.81. The van der Waals surface area contributed by atoms with E-state index in [1.54, 1.807) is 31.2 Å². The standard InChI is InChI=1S/C18H25NO3/c1-19(13-15-8-3-5-9-16(15)20)18(21)12-11-14-7-4-6-10-17(14)22-2/h4,6-7,10-12,15-16,20H,3,5,8-9,13H2,1-2H3/b12-11+. The number of nitrogens with zero attached hydrogens (tertiary/aromatic N) is 1. The Morgan fingerprint density at radius 2 is 2.09 bits per heavy atom. The van der Waals surface area contributed by atoms with Gasteiger partial charge in [-0.1, -0.05) is 31.0 Å². The maximum Gasteiger partial charge on any atom is 0.246 e. The summed E-state index contributed by atoms with van der Waals surface area (Å²) in [4.78, 5) is 13.9. The third kappa shape index (κ3) is 4.34. The highest BCUT2D eigenvalue weighted by molar-refractivity contribution is 5.92. The zero-order valence-electron chi connectivity index (χ0n) is 13.4. The summed E-state index contributed by atoms with van der Waals surface area (Å²) in [6.45, 7) is 0.607. The van der Waals surface area contributed by atoms with Crippen LogP contribution in [0.1, 0.15) is 31.2 Å². The fourth-order valence-corrected chi connectivity index (χ4v) is 2.94. The van der Waals surface area contributed by atoms with E-state index in [-0.39, 0.29) is 17.9 Å². The second-order valence-corrected chi connectivity index (χ2v) is 5.91. The van der Waals surface area contributed by atoms with Gasteiger partial charge in [0.2, 0.25) is 5.91 Å². The van der Waals surface area contributed by atoms with Crippen LogP contribution in [0.25, 0.3) is 6.08 Å². The molecule has 1 N–H and O–H groups in total. The van der Waals surface area contributed by atoms with Crippen molar-refractivity contribution in [3.8, 4) is 5.75 Å². The molecule has 0 aromatic heterocycles. The van der Waals surface area contributed by atoms with Gasteiger partial charge in [-0.15, -0.1) is 0 Å². The summed E-state index contributed by atoms with van der Waals surface area (Å²) >= 11 is 0. The molecular formula is C18H25NO3. The number of carbonyl (C=O) groups is 1. The molecule has 22 heavy (non-hydrogen) atoms. The van der Waals surface area contributed by atoms with Crippen LogP contribution in [-0.4, -0.2) is 42.7 Å². The van der Waals surface area contributed by atoms with Gasteiger partial charge in [0.05, 0.1) is 13.2 Å². The first-order valence-electron chi connectivity index (χ1n) is 7.86. The number of likely N-dealkylation sites (N-methyl/N-ethyl adjacent to an activating group) is 1. The molecule has 0 saturated heterocycles. The number of carbonyl (C=O) groups excluding carboxylic acids is 1. The second-order valence-electron chi connectivity index (χ2n) is 5.91. The average molecular weight is 303 g/mol. The fraction of sp³-hybridized carbons (Fsp3) is 0.500. The molecule has 1 aliphatic carbocycles. The number of aliphatic hydroxyl groups excluding tert-OH is 1. The van der Waals surface area contributed by atoms with Gasteiger partial charge >= 0.3 is 0 Å². The number of methoxy groups -OCH3 is 1. The first-order chi connectivity index (χ1) is 10.6. The molecule has 0 aliphatic heterocycles. The predicted octanol–water partition coefficient (Wildman–Crippen LogP) is 2.72. The molecule has 1 saturated carbocycles. The van der Waals surface area contributed by atoms with E-state index in [0.717, 1.165) is 37.0 Å². The van der Waals surface area contributed by atoms with E-state index >= 15 is 0 Å². The summed E-state index contributed by atoms with van der Waals surface area (Å²) in [5.41, 5.74) is 0.879. The first-order valence-corrected chi connectivity index (χ1v) is 7.86. The molecule has 0 radical (unpaired) electrons. The Morgan fingerprint density at radius 1 is 1.36 bits per heavy atom. The number of hydrogen-bond acceptors (Lipinski definition) is 3. The lowest BCUT2D eigenvalue weighted by Crippen LogP contribution is -2.37. The number of ether oxygens (including phenoxy) is 1. The lowest BCUT2D eigenvalue weighted by molar-refractivity contribution is -0.126. The molecule has 1 aromatic carbocycles. The van der Waals surface area contributed by atoms with Crippen LogP contribution < -0.4 is 4.74 Å². The largest absolute Gasteiger partial charge is 0.496 e. The lowest BCUT2D eigenvalue weighted by Gasteiger charge is -2.30. The molecule has 2 atom stereocenters. The van der Waals surface area contributed by atoms with Gasteiger partial charge in [-0.3, -0.25) is 4.79 Å². The van der Waals surface area contributed by atoms with Crippen molar-refractivity contribution >= 4 is 12.0 Å². The van der Waals surface area contributed by atoms with Gasteiger partial charge in [-0.25, -0.2) is 0 Å². The Morgan fingerprint density at radius 3 is 2.82 bits per heavy atom. The van der Waals surface area contributed by atoms with E-state index in [9.17, 15) is 9.90 Å². The summed E-state index contributed by atoms with van der Waals surface area (Å²) in [5.74, 6) is 0.892. The molecule has 1 fully saturated rings. The Balaban J connectivity index is 1.94. The fourth-order valence-electron chi connectivity index (χ4n) is 2.94. The summed E-state index contributed by atoms with van der Waals surface area (Å²) in [6.07, 6.45) is 7.13. The van der Waals surface area contributed by atoms with Crippen molar-refractivity contribution in [2.45, 2.75) is 31.8 Å². The number of para-hydroxylation sites is 1. The van der Waals surface area contributed by atoms with E-state index < -0.39 is 0 Å². The number of amides is 1. The maximum atomic E-state index is 12.2. The molecule has 120 valence electrons. The zero-order valence-corrected chi connectivity index (χ0v) is 13.4. The first kappa shape index (κ1) is 16.6. The van der Waals surface area contributed by atoms with Crippen LogP contribution in [0.4, 0.5) is 0 Å². The highest BCUT2D eigenvalue weighted by atomic mass is 16.5. The third-order valence-electron chi connectivity index (χ3n) is 4.30. The van der Waals surface area contributed by atoms with Gasteiger partial charge < -0.3 is 14.7 Å². The Labute approximate surface area is 132 Å². The monoisotopic (exact) mass is 303 g/mol. The van der Waals surface area contributed by atoms with Crippen molar-refractivity contribution in [3.63, 3.8) is 0 Å². The molecule has 1 amide bonds. The highest BCUT2D eigenvalue weighted by Crippen LogP contribution is 2.25. The lowest BCUT2D eigenvalue weighted by atomic mass is 9.86. The van der Waals surface area contributed by atoms with Gasteiger partial charge in [0.15, 0.2) is 0 Å². The summed E-state index contributed by atoms with van der Waals surface area (Å²) < 4.78 is 5.26. The number of rotatable bonds is 5. The van der Waals surface area contributed by atoms with Crippen molar-refractivity contribution in [3.05, 3.63) is 35.9 Å². The van der Waals surface area contributed by atoms with Gasteiger partial charge in [-0.2, -0.15) is 0 Å². The quantitative estimate of drug-likeness (QED) is 0.851. The molecule has 1 aromatic rings. The van der Waals surface area contributed by atoms with Crippen LogP contribution >= 0.6 is 0 Å². The van der Waals surface area contributed by atoms with Crippen molar-refractivity contribution in [1.29, 1.82) is 0 Å². The topological polar surface area (TPSA) is 49.8 Å². The van der Waals surface area contributed by atoms with Crippen LogP contribution in [0, 0.1) is 5.92 Å². The third-order valence-corrected chi connectivity index (χ3v) is 4.30. The molecule has 0 heterocycles. The Kier molecular flexibility index (Phi) is 6.01. The number of aliphatic hydroxyl groups is 1. The molecule has 2 unspecified atom stereocenters. The van der Waals surface area contributed by atoms with E-state index in [0.29, 0.717) is 6.54 Å². The Bertz CT molecular complexity index is 527. The smallest absolute Gasteiger partial charge is 0.246 e. The van der Waals surface area contributed by atoms with Crippen LogP contribution in [-0.2, 0) is 4.79 Å². The van der Waals surface area contributed by atoms with Crippen molar-refractivity contribution in [1.82, 2.24) is 4.90 Å². The summed E-state index contributed by atoms with van der Waals surface area (Å²) in [7, 11) is 3.40. The highest BCUT2D eigenvalue weighted by Gasteiger charge is 2.25. The van der Waals surface area contributed by atoms with E-state index in [4.69, 9.17) is 4.74 Å². The minimum absolute atomic E-state index is 0.0521. The van der Waals surface area contributed by atoms with E-state index in [1.165, 1.54) is 0 Å². The van der Waals surface area contributed by atoms with Crippen LogP contribution in [0.2, 0.25) is 0 Å². The van der Waals surface area contributed by atoms with E-state index in [2.05, 4.69) is 0 Å². The number of hydrogen-bond donors (Lipinski definition) is 1. The SMILES string of the molecule is COc1ccccc1/C=C/C(=O)N(C)CC1CCCCC1O. The van der Waals surface area contributed by atoms with Crippen molar-refractivity contribution < 1.29 is 14.6 Å².